The zero-order valence-electron chi connectivity index (χ0n) is 10.4. The van der Waals surface area contributed by atoms with E-state index in [4.69, 9.17) is 5.11 Å². The van der Waals surface area contributed by atoms with Crippen molar-refractivity contribution in [3.05, 3.63) is 0 Å². The van der Waals surface area contributed by atoms with Crippen LogP contribution in [0.4, 0.5) is 4.79 Å². The van der Waals surface area contributed by atoms with Crippen LogP contribution in [0.1, 0.15) is 13.3 Å². The average Bonchev–Trinajstić information content (AvgIpc) is 2.23. The summed E-state index contributed by atoms with van der Waals surface area (Å²) in [6.07, 6.45) is 4.29. The molecule has 100 valence electrons. The van der Waals surface area contributed by atoms with Crippen LogP contribution in [-0.2, 0) is 4.79 Å². The predicted molar refractivity (Wildman–Crippen MR) is 73.9 cm³/mol. The number of carbonyl (C=O) groups is 2. The molecule has 7 heteroatoms. The summed E-state index contributed by atoms with van der Waals surface area (Å²) in [6, 6.07) is -1.20. The van der Waals surface area contributed by atoms with Crippen molar-refractivity contribution >= 4 is 35.5 Å². The first-order chi connectivity index (χ1) is 8.01. The molecule has 2 atom stereocenters. The summed E-state index contributed by atoms with van der Waals surface area (Å²) in [7, 11) is 0. The van der Waals surface area contributed by atoms with Crippen molar-refractivity contribution < 1.29 is 14.7 Å². The number of rotatable bonds is 8. The van der Waals surface area contributed by atoms with Gasteiger partial charge in [0.1, 0.15) is 6.04 Å². The van der Waals surface area contributed by atoms with E-state index in [1.165, 1.54) is 0 Å². The summed E-state index contributed by atoms with van der Waals surface area (Å²) in [6.45, 7) is 1.88. The van der Waals surface area contributed by atoms with Crippen LogP contribution in [0.25, 0.3) is 0 Å². The van der Waals surface area contributed by atoms with Crippen LogP contribution in [0.5, 0.6) is 0 Å². The van der Waals surface area contributed by atoms with Crippen LogP contribution in [0.15, 0.2) is 0 Å². The Labute approximate surface area is 110 Å². The number of urea groups is 1. The molecule has 0 aliphatic heterocycles. The normalized spacial score (nSPS) is 13.8. The van der Waals surface area contributed by atoms with E-state index in [0.29, 0.717) is 12.2 Å². The maximum atomic E-state index is 11.5. The number of carboxylic acids is 1. The average molecular weight is 280 g/mol. The van der Waals surface area contributed by atoms with E-state index in [1.54, 1.807) is 23.5 Å². The van der Waals surface area contributed by atoms with Gasteiger partial charge in [0.15, 0.2) is 0 Å². The molecule has 0 aromatic rings. The maximum absolute atomic E-state index is 11.5. The third-order valence-corrected chi connectivity index (χ3v) is 3.49. The van der Waals surface area contributed by atoms with Crippen molar-refractivity contribution in [1.82, 2.24) is 10.6 Å². The molecule has 17 heavy (non-hydrogen) atoms. The Morgan fingerprint density at radius 3 is 2.35 bits per heavy atom. The maximum Gasteiger partial charge on any atom is 0.326 e. The largest absolute Gasteiger partial charge is 0.480 e. The molecule has 0 radical (unpaired) electrons. The van der Waals surface area contributed by atoms with Gasteiger partial charge in [-0.2, -0.15) is 23.5 Å². The lowest BCUT2D eigenvalue weighted by Crippen LogP contribution is -2.49. The summed E-state index contributed by atoms with van der Waals surface area (Å²) >= 11 is 3.19. The van der Waals surface area contributed by atoms with Crippen molar-refractivity contribution in [1.29, 1.82) is 0 Å². The van der Waals surface area contributed by atoms with E-state index in [9.17, 15) is 9.59 Å². The van der Waals surface area contributed by atoms with Gasteiger partial charge >= 0.3 is 12.0 Å². The molecule has 0 saturated carbocycles. The van der Waals surface area contributed by atoms with E-state index < -0.39 is 18.0 Å². The van der Waals surface area contributed by atoms with Crippen LogP contribution < -0.4 is 10.6 Å². The molecule has 0 aromatic carbocycles. The molecule has 0 rings (SSSR count). The Balaban J connectivity index is 4.07. The smallest absolute Gasteiger partial charge is 0.326 e. The topological polar surface area (TPSA) is 78.4 Å². The van der Waals surface area contributed by atoms with E-state index in [0.717, 1.165) is 5.75 Å². The number of hydrogen-bond acceptors (Lipinski definition) is 4. The lowest BCUT2D eigenvalue weighted by molar-refractivity contribution is -0.139. The van der Waals surface area contributed by atoms with Gasteiger partial charge in [0, 0.05) is 11.8 Å². The number of thioether (sulfide) groups is 2. The van der Waals surface area contributed by atoms with Crippen LogP contribution in [0.3, 0.4) is 0 Å². The van der Waals surface area contributed by atoms with Gasteiger partial charge in [-0.3, -0.25) is 0 Å². The predicted octanol–water partition coefficient (Wildman–Crippen LogP) is 1.24. The van der Waals surface area contributed by atoms with Gasteiger partial charge in [0.2, 0.25) is 0 Å². The lowest BCUT2D eigenvalue weighted by Gasteiger charge is -2.17. The molecule has 0 fully saturated rings. The Bertz CT molecular complexity index is 252. The second-order valence-corrected chi connectivity index (χ2v) is 5.54. The fraction of sp³-hybridized carbons (Fsp3) is 0.800. The number of carbonyl (C=O) groups excluding carboxylic acids is 1. The SMILES string of the molecule is CSCCC(NC(=O)NC(C)CSC)C(=O)O. The highest BCUT2D eigenvalue weighted by molar-refractivity contribution is 7.98. The Hall–Kier alpha value is -0.560. The minimum absolute atomic E-state index is 0.0278. The van der Waals surface area contributed by atoms with E-state index in [1.807, 2.05) is 19.4 Å². The highest BCUT2D eigenvalue weighted by Crippen LogP contribution is 2.01. The van der Waals surface area contributed by atoms with E-state index in [-0.39, 0.29) is 6.04 Å². The van der Waals surface area contributed by atoms with Crippen LogP contribution in [0.2, 0.25) is 0 Å². The molecule has 0 aromatic heterocycles. The van der Waals surface area contributed by atoms with Gasteiger partial charge in [0.05, 0.1) is 0 Å². The van der Waals surface area contributed by atoms with Gasteiger partial charge in [-0.15, -0.1) is 0 Å². The number of amides is 2. The third-order valence-electron chi connectivity index (χ3n) is 2.01. The van der Waals surface area contributed by atoms with Crippen molar-refractivity contribution in [2.45, 2.75) is 25.4 Å². The van der Waals surface area contributed by atoms with Gasteiger partial charge < -0.3 is 15.7 Å². The van der Waals surface area contributed by atoms with E-state index >= 15 is 0 Å². The lowest BCUT2D eigenvalue weighted by atomic mass is 10.2. The monoisotopic (exact) mass is 280 g/mol. The molecule has 0 bridgehead atoms. The first kappa shape index (κ1) is 16.4. The fourth-order valence-electron chi connectivity index (χ4n) is 1.21. The minimum atomic E-state index is -0.994. The number of nitrogens with one attached hydrogen (secondary N) is 2. The summed E-state index contributed by atoms with van der Waals surface area (Å²) in [5.74, 6) is 0.514. The highest BCUT2D eigenvalue weighted by Gasteiger charge is 2.19. The Morgan fingerprint density at radius 2 is 1.88 bits per heavy atom. The second-order valence-electron chi connectivity index (χ2n) is 3.65. The first-order valence-electron chi connectivity index (χ1n) is 5.29. The van der Waals surface area contributed by atoms with Crippen molar-refractivity contribution in [2.24, 2.45) is 0 Å². The quantitative estimate of drug-likeness (QED) is 0.623. The van der Waals surface area contributed by atoms with Crippen molar-refractivity contribution in [2.75, 3.05) is 24.0 Å². The van der Waals surface area contributed by atoms with Gasteiger partial charge in [0.25, 0.3) is 0 Å². The molecule has 0 heterocycles. The minimum Gasteiger partial charge on any atom is -0.480 e. The summed E-state index contributed by atoms with van der Waals surface area (Å²) in [5.41, 5.74) is 0. The van der Waals surface area contributed by atoms with Crippen LogP contribution >= 0.6 is 23.5 Å². The zero-order valence-corrected chi connectivity index (χ0v) is 12.0. The van der Waals surface area contributed by atoms with Crippen molar-refractivity contribution in [3.63, 3.8) is 0 Å². The fourth-order valence-corrected chi connectivity index (χ4v) is 2.26. The second kappa shape index (κ2) is 9.47. The molecule has 0 spiro atoms. The first-order valence-corrected chi connectivity index (χ1v) is 8.07. The summed E-state index contributed by atoms with van der Waals surface area (Å²) in [5, 5.41) is 14.1. The van der Waals surface area contributed by atoms with Gasteiger partial charge in [-0.25, -0.2) is 9.59 Å². The number of aliphatic carboxylic acids is 1. The zero-order chi connectivity index (χ0) is 13.3. The number of hydrogen-bond donors (Lipinski definition) is 3. The molecule has 0 aliphatic carbocycles. The molecule has 3 N–H and O–H groups in total. The summed E-state index contributed by atoms with van der Waals surface area (Å²) < 4.78 is 0. The highest BCUT2D eigenvalue weighted by atomic mass is 32.2. The Morgan fingerprint density at radius 1 is 1.24 bits per heavy atom. The molecule has 5 nitrogen and oxygen atoms in total. The van der Waals surface area contributed by atoms with Crippen molar-refractivity contribution in [3.8, 4) is 0 Å². The third kappa shape index (κ3) is 8.20. The molecule has 2 amide bonds. The molecule has 0 saturated heterocycles. The molecule has 2 unspecified atom stereocenters. The van der Waals surface area contributed by atoms with Gasteiger partial charge in [-0.1, -0.05) is 0 Å². The molecular weight excluding hydrogens is 260 g/mol. The summed E-state index contributed by atoms with van der Waals surface area (Å²) in [4.78, 5) is 22.4. The Kier molecular flexibility index (Phi) is 9.16. The molecular formula is C10H20N2O3S2. The number of carboxylic acid groups (broad SMARTS) is 1. The standard InChI is InChI=1S/C10H20N2O3S2/c1-7(6-17-3)11-10(15)12-8(9(13)14)4-5-16-2/h7-8H,4-6H2,1-3H3,(H,13,14)(H2,11,12,15). The van der Waals surface area contributed by atoms with Crippen LogP contribution in [-0.4, -0.2) is 53.2 Å². The van der Waals surface area contributed by atoms with Crippen LogP contribution in [0, 0.1) is 0 Å². The molecule has 0 aliphatic rings. The van der Waals surface area contributed by atoms with Gasteiger partial charge in [-0.05, 0) is 31.6 Å². The van der Waals surface area contributed by atoms with E-state index in [2.05, 4.69) is 10.6 Å².